The molecule has 0 amide bonds. The van der Waals surface area contributed by atoms with E-state index in [0.29, 0.717) is 5.92 Å². The largest absolute Gasteiger partial charge is 0.118 e. The lowest BCUT2D eigenvalue weighted by Crippen LogP contribution is -2.17. The van der Waals surface area contributed by atoms with Gasteiger partial charge in [0.05, 0.1) is 5.38 Å². The fourth-order valence-corrected chi connectivity index (χ4v) is 3.42. The molecule has 0 saturated heterocycles. The highest BCUT2D eigenvalue weighted by Gasteiger charge is 2.26. The molecule has 1 saturated carbocycles. The molecule has 1 heteroatoms. The van der Waals surface area contributed by atoms with Crippen molar-refractivity contribution in [3.63, 3.8) is 0 Å². The number of hydrogen-bond donors (Lipinski definition) is 0. The van der Waals surface area contributed by atoms with Gasteiger partial charge in [0, 0.05) is 0 Å². The Bertz CT molecular complexity index is 391. The second-order valence-corrected chi connectivity index (χ2v) is 7.76. The molecule has 0 nitrogen and oxygen atoms in total. The summed E-state index contributed by atoms with van der Waals surface area (Å²) in [6.45, 7) is 9.12. The van der Waals surface area contributed by atoms with Gasteiger partial charge in [-0.2, -0.15) is 0 Å². The van der Waals surface area contributed by atoms with Gasteiger partial charge in [-0.1, -0.05) is 64.8 Å². The third-order valence-corrected chi connectivity index (χ3v) is 5.18. The van der Waals surface area contributed by atoms with Crippen LogP contribution in [0.5, 0.6) is 0 Å². The van der Waals surface area contributed by atoms with Crippen LogP contribution in [0.3, 0.4) is 0 Å². The van der Waals surface area contributed by atoms with E-state index < -0.39 is 0 Å². The Morgan fingerprint density at radius 1 is 1.00 bits per heavy atom. The van der Waals surface area contributed by atoms with Crippen molar-refractivity contribution in [1.82, 2.24) is 0 Å². The number of hydrogen-bond acceptors (Lipinski definition) is 0. The van der Waals surface area contributed by atoms with Gasteiger partial charge in [0.25, 0.3) is 0 Å². The smallest absolute Gasteiger partial charge is 0.0613 e. The Hall–Kier alpha value is -0.490. The second kappa shape index (κ2) is 5.87. The summed E-state index contributed by atoms with van der Waals surface area (Å²) in [7, 11) is 0. The molecule has 1 aliphatic carbocycles. The average molecular weight is 279 g/mol. The lowest BCUT2D eigenvalue weighted by Gasteiger charge is -2.30. The van der Waals surface area contributed by atoms with E-state index in [2.05, 4.69) is 52.0 Å². The highest BCUT2D eigenvalue weighted by atomic mass is 35.5. The van der Waals surface area contributed by atoms with Crippen LogP contribution in [0.4, 0.5) is 0 Å². The fourth-order valence-electron chi connectivity index (χ4n) is 3.02. The van der Waals surface area contributed by atoms with Crippen LogP contribution < -0.4 is 0 Å². The summed E-state index contributed by atoms with van der Waals surface area (Å²) in [5.74, 6) is 1.56. The van der Waals surface area contributed by atoms with Gasteiger partial charge >= 0.3 is 0 Å². The maximum absolute atomic E-state index is 6.70. The van der Waals surface area contributed by atoms with Crippen molar-refractivity contribution < 1.29 is 0 Å². The number of rotatable bonds is 2. The van der Waals surface area contributed by atoms with E-state index >= 15 is 0 Å². The minimum atomic E-state index is 0.196. The molecule has 1 unspecified atom stereocenters. The van der Waals surface area contributed by atoms with Crippen LogP contribution in [0, 0.1) is 11.8 Å². The monoisotopic (exact) mass is 278 g/mol. The topological polar surface area (TPSA) is 0 Å². The minimum absolute atomic E-state index is 0.196. The summed E-state index contributed by atoms with van der Waals surface area (Å²) >= 11 is 6.70. The van der Waals surface area contributed by atoms with E-state index in [-0.39, 0.29) is 10.8 Å². The molecule has 0 aromatic heterocycles. The predicted molar refractivity (Wildman–Crippen MR) is 84.9 cm³/mol. The Kier molecular flexibility index (Phi) is 4.61. The van der Waals surface area contributed by atoms with Crippen molar-refractivity contribution in [3.8, 4) is 0 Å². The van der Waals surface area contributed by atoms with Crippen LogP contribution in [0.25, 0.3) is 0 Å². The molecule has 106 valence electrons. The standard InChI is InChI=1S/C18H27Cl/c1-13-5-7-14(8-6-13)17(19)15-9-11-16(12-10-15)18(2,3)4/h9-14,17H,5-8H2,1-4H3. The van der Waals surface area contributed by atoms with Gasteiger partial charge in [-0.05, 0) is 41.2 Å². The van der Waals surface area contributed by atoms with Gasteiger partial charge in [0.15, 0.2) is 0 Å². The van der Waals surface area contributed by atoms with E-state index in [1.54, 1.807) is 0 Å². The molecule has 1 atom stereocenters. The molecule has 1 aliphatic rings. The molecule has 0 heterocycles. The third-order valence-electron chi connectivity index (χ3n) is 4.57. The second-order valence-electron chi connectivity index (χ2n) is 7.29. The SMILES string of the molecule is CC1CCC(C(Cl)c2ccc(C(C)(C)C)cc2)CC1. The van der Waals surface area contributed by atoms with E-state index in [1.165, 1.54) is 36.8 Å². The lowest BCUT2D eigenvalue weighted by molar-refractivity contribution is 0.283. The Morgan fingerprint density at radius 3 is 2.00 bits per heavy atom. The molecular formula is C18H27Cl. The Labute approximate surface area is 123 Å². The summed E-state index contributed by atoms with van der Waals surface area (Å²) in [6, 6.07) is 8.96. The molecule has 1 aromatic carbocycles. The predicted octanol–water partition coefficient (Wildman–Crippen LogP) is 6.09. The molecule has 1 fully saturated rings. The molecule has 0 bridgehead atoms. The number of benzene rings is 1. The van der Waals surface area contributed by atoms with Gasteiger partial charge in [-0.15, -0.1) is 11.6 Å². The summed E-state index contributed by atoms with van der Waals surface area (Å²) in [4.78, 5) is 0. The molecular weight excluding hydrogens is 252 g/mol. The van der Waals surface area contributed by atoms with Crippen molar-refractivity contribution in [2.75, 3.05) is 0 Å². The number of halogens is 1. The molecule has 0 spiro atoms. The maximum Gasteiger partial charge on any atom is 0.0613 e. The van der Waals surface area contributed by atoms with Crippen LogP contribution in [0.15, 0.2) is 24.3 Å². The first-order chi connectivity index (χ1) is 8.88. The normalized spacial score (nSPS) is 26.2. The van der Waals surface area contributed by atoms with Crippen LogP contribution in [-0.4, -0.2) is 0 Å². The zero-order chi connectivity index (χ0) is 14.0. The summed E-state index contributed by atoms with van der Waals surface area (Å²) in [5.41, 5.74) is 2.91. The van der Waals surface area contributed by atoms with Gasteiger partial charge in [-0.3, -0.25) is 0 Å². The highest BCUT2D eigenvalue weighted by Crippen LogP contribution is 2.40. The fraction of sp³-hybridized carbons (Fsp3) is 0.667. The third kappa shape index (κ3) is 3.75. The summed E-state index contributed by atoms with van der Waals surface area (Å²) < 4.78 is 0. The van der Waals surface area contributed by atoms with Gasteiger partial charge < -0.3 is 0 Å². The average Bonchev–Trinajstić information content (AvgIpc) is 2.38. The minimum Gasteiger partial charge on any atom is -0.118 e. The van der Waals surface area contributed by atoms with E-state index in [1.807, 2.05) is 0 Å². The zero-order valence-electron chi connectivity index (χ0n) is 12.7. The molecule has 0 radical (unpaired) electrons. The van der Waals surface area contributed by atoms with Crippen molar-refractivity contribution in [2.24, 2.45) is 11.8 Å². The molecule has 0 N–H and O–H groups in total. The highest BCUT2D eigenvalue weighted by molar-refractivity contribution is 6.21. The van der Waals surface area contributed by atoms with E-state index in [4.69, 9.17) is 11.6 Å². The molecule has 1 aromatic rings. The van der Waals surface area contributed by atoms with Crippen LogP contribution in [-0.2, 0) is 5.41 Å². The van der Waals surface area contributed by atoms with Gasteiger partial charge in [0.1, 0.15) is 0 Å². The molecule has 0 aliphatic heterocycles. The first kappa shape index (κ1) is 14.9. The van der Waals surface area contributed by atoms with Crippen molar-refractivity contribution in [1.29, 1.82) is 0 Å². The molecule has 19 heavy (non-hydrogen) atoms. The lowest BCUT2D eigenvalue weighted by atomic mass is 9.79. The quantitative estimate of drug-likeness (QED) is 0.574. The van der Waals surface area contributed by atoms with Crippen LogP contribution in [0.1, 0.15) is 69.9 Å². The van der Waals surface area contributed by atoms with Crippen molar-refractivity contribution >= 4 is 11.6 Å². The maximum atomic E-state index is 6.70. The van der Waals surface area contributed by atoms with Gasteiger partial charge in [0.2, 0.25) is 0 Å². The van der Waals surface area contributed by atoms with Gasteiger partial charge in [-0.25, -0.2) is 0 Å². The van der Waals surface area contributed by atoms with Crippen LogP contribution in [0.2, 0.25) is 0 Å². The Balaban J connectivity index is 2.05. The van der Waals surface area contributed by atoms with E-state index in [0.717, 1.165) is 5.92 Å². The van der Waals surface area contributed by atoms with Crippen molar-refractivity contribution in [2.45, 2.75) is 64.2 Å². The first-order valence-electron chi connectivity index (χ1n) is 7.62. The van der Waals surface area contributed by atoms with E-state index in [9.17, 15) is 0 Å². The zero-order valence-corrected chi connectivity index (χ0v) is 13.5. The Morgan fingerprint density at radius 2 is 1.53 bits per heavy atom. The summed E-state index contributed by atoms with van der Waals surface area (Å²) in [6.07, 6.45) is 5.26. The summed E-state index contributed by atoms with van der Waals surface area (Å²) in [5, 5.41) is 0.196. The first-order valence-corrected chi connectivity index (χ1v) is 8.06. The van der Waals surface area contributed by atoms with Crippen LogP contribution >= 0.6 is 11.6 Å². The number of alkyl halides is 1. The molecule has 2 rings (SSSR count). The van der Waals surface area contributed by atoms with Crippen molar-refractivity contribution in [3.05, 3.63) is 35.4 Å².